The zero-order valence-corrected chi connectivity index (χ0v) is 12.7. The third-order valence-electron chi connectivity index (χ3n) is 4.67. The van der Waals surface area contributed by atoms with Crippen molar-refractivity contribution in [1.29, 1.82) is 0 Å². The summed E-state index contributed by atoms with van der Waals surface area (Å²) in [6.45, 7) is 7.37. The molecule has 0 aliphatic carbocycles. The van der Waals surface area contributed by atoms with Crippen LogP contribution in [-0.2, 0) is 9.53 Å². The molecule has 2 saturated heterocycles. The number of nitrogens with zero attached hydrogens (tertiary/aromatic N) is 1. The summed E-state index contributed by atoms with van der Waals surface area (Å²) in [6, 6.07) is 0.113. The fourth-order valence-corrected chi connectivity index (χ4v) is 3.20. The van der Waals surface area contributed by atoms with Gasteiger partial charge in [-0.2, -0.15) is 0 Å². The number of aliphatic hydroxyl groups is 1. The summed E-state index contributed by atoms with van der Waals surface area (Å²) in [7, 11) is 0. The number of carbonyl (C=O) groups is 1. The second kappa shape index (κ2) is 7.38. The lowest BCUT2D eigenvalue weighted by Gasteiger charge is -2.38. The van der Waals surface area contributed by atoms with Crippen molar-refractivity contribution in [2.24, 2.45) is 11.8 Å². The van der Waals surface area contributed by atoms with E-state index >= 15 is 0 Å². The van der Waals surface area contributed by atoms with Crippen LogP contribution < -0.4 is 5.32 Å². The van der Waals surface area contributed by atoms with Gasteiger partial charge in [-0.1, -0.05) is 6.92 Å². The van der Waals surface area contributed by atoms with Crippen molar-refractivity contribution in [3.05, 3.63) is 0 Å². The monoisotopic (exact) mass is 284 g/mol. The lowest BCUT2D eigenvalue weighted by Crippen LogP contribution is -2.52. The highest BCUT2D eigenvalue weighted by Crippen LogP contribution is 2.24. The SMILES string of the molecule is CC(CC(=O)N1CC(CO)OCC1C)C1CCCNC1. The second-order valence-corrected chi connectivity index (χ2v) is 6.32. The van der Waals surface area contributed by atoms with Gasteiger partial charge in [0, 0.05) is 13.0 Å². The molecule has 0 bridgehead atoms. The molecule has 0 aromatic carbocycles. The van der Waals surface area contributed by atoms with Crippen LogP contribution in [0.2, 0.25) is 0 Å². The first-order valence-corrected chi connectivity index (χ1v) is 7.84. The smallest absolute Gasteiger partial charge is 0.223 e. The standard InChI is InChI=1S/C15H28N2O3/c1-11(13-4-3-5-16-7-13)6-15(19)17-8-14(9-18)20-10-12(17)2/h11-14,16,18H,3-10H2,1-2H3. The molecule has 2 fully saturated rings. The molecule has 0 spiro atoms. The molecule has 0 aromatic heterocycles. The number of hydrogen-bond acceptors (Lipinski definition) is 4. The van der Waals surface area contributed by atoms with Gasteiger partial charge >= 0.3 is 0 Å². The third kappa shape index (κ3) is 3.93. The predicted molar refractivity (Wildman–Crippen MR) is 77.4 cm³/mol. The highest BCUT2D eigenvalue weighted by atomic mass is 16.5. The molecule has 5 nitrogen and oxygen atoms in total. The maximum atomic E-state index is 12.5. The van der Waals surface area contributed by atoms with Crippen molar-refractivity contribution >= 4 is 5.91 Å². The normalized spacial score (nSPS) is 33.0. The van der Waals surface area contributed by atoms with E-state index in [0.717, 1.165) is 13.1 Å². The molecule has 0 saturated carbocycles. The molecule has 0 aromatic rings. The van der Waals surface area contributed by atoms with Gasteiger partial charge in [-0.25, -0.2) is 0 Å². The molecule has 4 atom stereocenters. The largest absolute Gasteiger partial charge is 0.394 e. The summed E-state index contributed by atoms with van der Waals surface area (Å²) in [5.41, 5.74) is 0. The number of nitrogens with one attached hydrogen (secondary N) is 1. The molecule has 2 heterocycles. The van der Waals surface area contributed by atoms with Crippen LogP contribution in [0.3, 0.4) is 0 Å². The molecule has 2 rings (SSSR count). The molecule has 2 aliphatic rings. The predicted octanol–water partition coefficient (Wildman–Crippen LogP) is 0.620. The first kappa shape index (κ1) is 15.7. The average Bonchev–Trinajstić information content (AvgIpc) is 2.48. The minimum Gasteiger partial charge on any atom is -0.394 e. The van der Waals surface area contributed by atoms with Gasteiger partial charge in [-0.15, -0.1) is 0 Å². The summed E-state index contributed by atoms with van der Waals surface area (Å²) in [5.74, 6) is 1.23. The van der Waals surface area contributed by atoms with Gasteiger partial charge in [0.05, 0.1) is 25.4 Å². The van der Waals surface area contributed by atoms with Crippen molar-refractivity contribution in [3.8, 4) is 0 Å². The molecule has 20 heavy (non-hydrogen) atoms. The van der Waals surface area contributed by atoms with E-state index in [9.17, 15) is 9.90 Å². The Bertz CT molecular complexity index is 318. The highest BCUT2D eigenvalue weighted by Gasteiger charge is 2.31. The van der Waals surface area contributed by atoms with E-state index in [0.29, 0.717) is 31.4 Å². The zero-order valence-electron chi connectivity index (χ0n) is 12.7. The maximum Gasteiger partial charge on any atom is 0.223 e. The fraction of sp³-hybridized carbons (Fsp3) is 0.933. The second-order valence-electron chi connectivity index (χ2n) is 6.32. The fourth-order valence-electron chi connectivity index (χ4n) is 3.20. The molecule has 2 N–H and O–H groups in total. The maximum absolute atomic E-state index is 12.5. The number of aliphatic hydroxyl groups excluding tert-OH is 1. The number of amides is 1. The van der Waals surface area contributed by atoms with Crippen molar-refractivity contribution < 1.29 is 14.6 Å². The van der Waals surface area contributed by atoms with Crippen LogP contribution in [0.15, 0.2) is 0 Å². The Morgan fingerprint density at radius 3 is 3.00 bits per heavy atom. The molecule has 116 valence electrons. The number of ether oxygens (including phenoxy) is 1. The Balaban J connectivity index is 1.85. The van der Waals surface area contributed by atoms with Crippen LogP contribution in [0.1, 0.15) is 33.1 Å². The zero-order chi connectivity index (χ0) is 14.5. The lowest BCUT2D eigenvalue weighted by molar-refractivity contribution is -0.147. The van der Waals surface area contributed by atoms with Crippen LogP contribution in [0.25, 0.3) is 0 Å². The lowest BCUT2D eigenvalue weighted by atomic mass is 9.85. The van der Waals surface area contributed by atoms with E-state index in [2.05, 4.69) is 12.2 Å². The topological polar surface area (TPSA) is 61.8 Å². The first-order chi connectivity index (χ1) is 9.61. The van der Waals surface area contributed by atoms with Crippen LogP contribution >= 0.6 is 0 Å². The number of hydrogen-bond donors (Lipinski definition) is 2. The number of morpholine rings is 1. The van der Waals surface area contributed by atoms with Crippen molar-refractivity contribution in [3.63, 3.8) is 0 Å². The van der Waals surface area contributed by atoms with Crippen molar-refractivity contribution in [1.82, 2.24) is 10.2 Å². The summed E-state index contributed by atoms with van der Waals surface area (Å²) in [4.78, 5) is 14.4. The summed E-state index contributed by atoms with van der Waals surface area (Å²) < 4.78 is 5.49. The first-order valence-electron chi connectivity index (χ1n) is 7.84. The van der Waals surface area contributed by atoms with Crippen LogP contribution in [0.4, 0.5) is 0 Å². The number of piperidine rings is 1. The van der Waals surface area contributed by atoms with E-state index < -0.39 is 0 Å². The Hall–Kier alpha value is -0.650. The van der Waals surface area contributed by atoms with Gasteiger partial charge in [-0.05, 0) is 44.7 Å². The van der Waals surface area contributed by atoms with Gasteiger partial charge in [0.15, 0.2) is 0 Å². The van der Waals surface area contributed by atoms with E-state index in [1.54, 1.807) is 0 Å². The molecular weight excluding hydrogens is 256 g/mol. The molecular formula is C15H28N2O3. The average molecular weight is 284 g/mol. The minimum absolute atomic E-state index is 0.0153. The quantitative estimate of drug-likeness (QED) is 0.794. The van der Waals surface area contributed by atoms with Gasteiger partial charge in [0.1, 0.15) is 0 Å². The van der Waals surface area contributed by atoms with Gasteiger partial charge in [0.25, 0.3) is 0 Å². The number of carbonyl (C=O) groups excluding carboxylic acids is 1. The Morgan fingerprint density at radius 2 is 2.35 bits per heavy atom. The van der Waals surface area contributed by atoms with Crippen LogP contribution in [-0.4, -0.2) is 60.9 Å². The highest BCUT2D eigenvalue weighted by molar-refractivity contribution is 5.77. The third-order valence-corrected chi connectivity index (χ3v) is 4.67. The summed E-state index contributed by atoms with van der Waals surface area (Å²) in [6.07, 6.45) is 2.82. The minimum atomic E-state index is -0.221. The molecule has 1 amide bonds. The van der Waals surface area contributed by atoms with Gasteiger partial charge < -0.3 is 20.1 Å². The van der Waals surface area contributed by atoms with E-state index in [-0.39, 0.29) is 24.7 Å². The van der Waals surface area contributed by atoms with Gasteiger partial charge in [0.2, 0.25) is 5.91 Å². The molecule has 5 heteroatoms. The molecule has 2 aliphatic heterocycles. The van der Waals surface area contributed by atoms with Crippen LogP contribution in [0, 0.1) is 11.8 Å². The Labute approximate surface area is 121 Å². The van der Waals surface area contributed by atoms with E-state index in [4.69, 9.17) is 4.74 Å². The summed E-state index contributed by atoms with van der Waals surface area (Å²) >= 11 is 0. The van der Waals surface area contributed by atoms with E-state index in [1.165, 1.54) is 12.8 Å². The van der Waals surface area contributed by atoms with Gasteiger partial charge in [-0.3, -0.25) is 4.79 Å². The van der Waals surface area contributed by atoms with Crippen molar-refractivity contribution in [2.75, 3.05) is 32.8 Å². The Morgan fingerprint density at radius 1 is 1.55 bits per heavy atom. The Kier molecular flexibility index (Phi) is 5.81. The number of rotatable bonds is 4. The van der Waals surface area contributed by atoms with Crippen molar-refractivity contribution in [2.45, 2.75) is 45.3 Å². The van der Waals surface area contributed by atoms with E-state index in [1.807, 2.05) is 11.8 Å². The molecule has 0 radical (unpaired) electrons. The van der Waals surface area contributed by atoms with Crippen LogP contribution in [0.5, 0.6) is 0 Å². The summed E-state index contributed by atoms with van der Waals surface area (Å²) in [5, 5.41) is 12.6. The molecule has 4 unspecified atom stereocenters.